The molecule has 3 nitrogen and oxygen atoms in total. The van der Waals surface area contributed by atoms with Crippen LogP contribution in [-0.2, 0) is 5.75 Å². The molecule has 1 fully saturated rings. The van der Waals surface area contributed by atoms with Gasteiger partial charge in [0.15, 0.2) is 0 Å². The molecular weight excluding hydrogens is 314 g/mol. The van der Waals surface area contributed by atoms with Crippen LogP contribution in [-0.4, -0.2) is 9.97 Å². The smallest absolute Gasteiger partial charge is 0.110 e. The highest BCUT2D eigenvalue weighted by Gasteiger charge is 2.19. The second-order valence-corrected chi connectivity index (χ2v) is 7.66. The zero-order valence-electron chi connectivity index (χ0n) is 13.8. The van der Waals surface area contributed by atoms with Gasteiger partial charge in [-0.1, -0.05) is 49.6 Å². The van der Waals surface area contributed by atoms with Gasteiger partial charge in [-0.3, -0.25) is 0 Å². The molecule has 124 valence electrons. The minimum Gasteiger partial charge on any atom is -0.398 e. The molecule has 1 heterocycles. The number of nitrogens with zero attached hydrogens (tertiary/aromatic N) is 1. The highest BCUT2D eigenvalue weighted by molar-refractivity contribution is 7.98. The lowest BCUT2D eigenvalue weighted by molar-refractivity contribution is 0.431. The lowest BCUT2D eigenvalue weighted by atomic mass is 9.89. The van der Waals surface area contributed by atoms with Crippen LogP contribution in [0.4, 0.5) is 5.69 Å². The lowest BCUT2D eigenvalue weighted by Crippen LogP contribution is -2.05. The fourth-order valence-corrected chi connectivity index (χ4v) is 4.44. The molecule has 4 heteroatoms. The van der Waals surface area contributed by atoms with Gasteiger partial charge in [-0.25, -0.2) is 4.98 Å². The number of thioether (sulfide) groups is 1. The quantitative estimate of drug-likeness (QED) is 0.489. The van der Waals surface area contributed by atoms with E-state index in [1.807, 2.05) is 12.1 Å². The Kier molecular flexibility index (Phi) is 4.48. The van der Waals surface area contributed by atoms with E-state index in [0.29, 0.717) is 5.92 Å². The van der Waals surface area contributed by atoms with Crippen LogP contribution < -0.4 is 5.73 Å². The van der Waals surface area contributed by atoms with Gasteiger partial charge in [0.25, 0.3) is 0 Å². The van der Waals surface area contributed by atoms with Crippen molar-refractivity contribution < 1.29 is 0 Å². The summed E-state index contributed by atoms with van der Waals surface area (Å²) < 4.78 is 0. The second-order valence-electron chi connectivity index (χ2n) is 6.64. The number of imidazole rings is 1. The van der Waals surface area contributed by atoms with Crippen molar-refractivity contribution in [1.82, 2.24) is 9.97 Å². The maximum absolute atomic E-state index is 6.27. The number of nitrogen functional groups attached to an aromatic ring is 1. The predicted octanol–water partition coefficient (Wildman–Crippen LogP) is 5.49. The molecule has 0 radical (unpaired) electrons. The number of H-pyrrole nitrogens is 1. The molecule has 4 rings (SSSR count). The van der Waals surface area contributed by atoms with Crippen LogP contribution in [0, 0.1) is 0 Å². The van der Waals surface area contributed by atoms with E-state index in [2.05, 4.69) is 35.3 Å². The van der Waals surface area contributed by atoms with Gasteiger partial charge in [-0.05, 0) is 30.5 Å². The first-order valence-corrected chi connectivity index (χ1v) is 9.74. The molecule has 1 aliphatic rings. The van der Waals surface area contributed by atoms with Gasteiger partial charge < -0.3 is 10.7 Å². The Labute approximate surface area is 147 Å². The van der Waals surface area contributed by atoms with Crippen molar-refractivity contribution in [2.75, 3.05) is 5.73 Å². The summed E-state index contributed by atoms with van der Waals surface area (Å²) in [7, 11) is 0. The molecule has 24 heavy (non-hydrogen) atoms. The molecule has 1 aliphatic carbocycles. The number of aromatic amines is 1. The normalized spacial score (nSPS) is 15.8. The largest absolute Gasteiger partial charge is 0.398 e. The number of fused-ring (bicyclic) bond motifs is 1. The first kappa shape index (κ1) is 15.6. The lowest BCUT2D eigenvalue weighted by Gasteiger charge is -2.18. The van der Waals surface area contributed by atoms with E-state index >= 15 is 0 Å². The van der Waals surface area contributed by atoms with Crippen LogP contribution in [0.5, 0.6) is 0 Å². The third kappa shape index (κ3) is 3.29. The maximum Gasteiger partial charge on any atom is 0.110 e. The molecule has 0 amide bonds. The van der Waals surface area contributed by atoms with Crippen molar-refractivity contribution in [2.24, 2.45) is 0 Å². The summed E-state index contributed by atoms with van der Waals surface area (Å²) in [6, 6.07) is 14.7. The minimum atomic E-state index is 0.591. The minimum absolute atomic E-state index is 0.591. The van der Waals surface area contributed by atoms with Crippen LogP contribution >= 0.6 is 11.8 Å². The third-order valence-electron chi connectivity index (χ3n) is 4.86. The van der Waals surface area contributed by atoms with Gasteiger partial charge in [-0.2, -0.15) is 0 Å². The number of rotatable bonds is 4. The summed E-state index contributed by atoms with van der Waals surface area (Å²) in [5.41, 5.74) is 10.5. The molecule has 0 spiro atoms. The fourth-order valence-electron chi connectivity index (χ4n) is 3.50. The fraction of sp³-hybridized carbons (Fsp3) is 0.350. The maximum atomic E-state index is 6.27. The SMILES string of the molecule is Nc1cc2[nH]c(C3CCCCC3)nc2cc1SCc1ccccc1. The van der Waals surface area contributed by atoms with E-state index < -0.39 is 0 Å². The van der Waals surface area contributed by atoms with Crippen molar-refractivity contribution in [2.45, 2.75) is 48.7 Å². The van der Waals surface area contributed by atoms with E-state index in [-0.39, 0.29) is 0 Å². The van der Waals surface area contributed by atoms with Crippen molar-refractivity contribution >= 4 is 28.5 Å². The van der Waals surface area contributed by atoms with Gasteiger partial charge >= 0.3 is 0 Å². The topological polar surface area (TPSA) is 54.7 Å². The number of aromatic nitrogens is 2. The zero-order valence-corrected chi connectivity index (χ0v) is 14.6. The highest BCUT2D eigenvalue weighted by atomic mass is 32.2. The number of hydrogen-bond donors (Lipinski definition) is 2. The van der Waals surface area contributed by atoms with Crippen molar-refractivity contribution in [1.29, 1.82) is 0 Å². The van der Waals surface area contributed by atoms with Crippen molar-refractivity contribution in [3.63, 3.8) is 0 Å². The van der Waals surface area contributed by atoms with Gasteiger partial charge in [0.2, 0.25) is 0 Å². The summed E-state index contributed by atoms with van der Waals surface area (Å²) in [5, 5.41) is 0. The molecule has 0 unspecified atom stereocenters. The first-order valence-electron chi connectivity index (χ1n) is 8.75. The van der Waals surface area contributed by atoms with Gasteiger partial charge in [0.05, 0.1) is 11.0 Å². The number of hydrogen-bond acceptors (Lipinski definition) is 3. The van der Waals surface area contributed by atoms with Gasteiger partial charge in [0.1, 0.15) is 5.82 Å². The molecule has 1 aromatic heterocycles. The molecule has 2 aromatic carbocycles. The Balaban J connectivity index is 1.56. The highest BCUT2D eigenvalue weighted by Crippen LogP contribution is 2.35. The summed E-state index contributed by atoms with van der Waals surface area (Å²) in [5.74, 6) is 2.67. The van der Waals surface area contributed by atoms with Gasteiger partial charge in [0, 0.05) is 22.3 Å². The average molecular weight is 337 g/mol. The first-order chi connectivity index (χ1) is 11.8. The molecule has 3 N–H and O–H groups in total. The van der Waals surface area contributed by atoms with Gasteiger partial charge in [-0.15, -0.1) is 11.8 Å². The van der Waals surface area contributed by atoms with Crippen LogP contribution in [0.2, 0.25) is 0 Å². The van der Waals surface area contributed by atoms with Crippen molar-refractivity contribution in [3.8, 4) is 0 Å². The van der Waals surface area contributed by atoms with Crippen molar-refractivity contribution in [3.05, 3.63) is 53.9 Å². The third-order valence-corrected chi connectivity index (χ3v) is 6.00. The zero-order chi connectivity index (χ0) is 16.4. The number of benzene rings is 2. The Morgan fingerprint density at radius 1 is 1.08 bits per heavy atom. The Bertz CT molecular complexity index is 820. The number of anilines is 1. The van der Waals surface area contributed by atoms with E-state index in [1.165, 1.54) is 37.7 Å². The molecule has 0 saturated heterocycles. The molecule has 0 bridgehead atoms. The summed E-state index contributed by atoms with van der Waals surface area (Å²) in [6.07, 6.45) is 6.52. The van der Waals surface area contributed by atoms with Crippen LogP contribution in [0.25, 0.3) is 11.0 Å². The van der Waals surface area contributed by atoms with E-state index in [0.717, 1.165) is 33.2 Å². The predicted molar refractivity (Wildman–Crippen MR) is 102 cm³/mol. The Hall–Kier alpha value is -1.94. The molecule has 0 atom stereocenters. The van der Waals surface area contributed by atoms with Crippen LogP contribution in [0.1, 0.15) is 49.4 Å². The molecule has 3 aromatic rings. The van der Waals surface area contributed by atoms with E-state index in [9.17, 15) is 0 Å². The summed E-state index contributed by atoms with van der Waals surface area (Å²) in [6.45, 7) is 0. The average Bonchev–Trinajstić information content (AvgIpc) is 3.04. The van der Waals surface area contributed by atoms with E-state index in [4.69, 9.17) is 10.7 Å². The molecule has 0 aliphatic heterocycles. The number of nitrogens with one attached hydrogen (secondary N) is 1. The monoisotopic (exact) mass is 337 g/mol. The Morgan fingerprint density at radius 3 is 2.67 bits per heavy atom. The van der Waals surface area contributed by atoms with Crippen LogP contribution in [0.15, 0.2) is 47.4 Å². The second kappa shape index (κ2) is 6.89. The molecule has 1 saturated carbocycles. The van der Waals surface area contributed by atoms with Crippen LogP contribution in [0.3, 0.4) is 0 Å². The summed E-state index contributed by atoms with van der Waals surface area (Å²) in [4.78, 5) is 9.49. The summed E-state index contributed by atoms with van der Waals surface area (Å²) >= 11 is 1.78. The molecular formula is C20H23N3S. The standard InChI is InChI=1S/C20H23N3S/c21-16-11-17-18(23-20(22-17)15-9-5-2-6-10-15)12-19(16)24-13-14-7-3-1-4-8-14/h1,3-4,7-8,11-12,15H,2,5-6,9-10,13,21H2,(H,22,23). The Morgan fingerprint density at radius 2 is 1.88 bits per heavy atom. The number of nitrogens with two attached hydrogens (primary N) is 1. The van der Waals surface area contributed by atoms with E-state index in [1.54, 1.807) is 11.8 Å².